The van der Waals surface area contributed by atoms with E-state index in [1.165, 1.54) is 0 Å². The van der Waals surface area contributed by atoms with Crippen molar-refractivity contribution >= 4 is 16.9 Å². The Hall–Kier alpha value is -2.63. The van der Waals surface area contributed by atoms with Crippen LogP contribution in [0.25, 0.3) is 11.0 Å². The van der Waals surface area contributed by atoms with Crippen molar-refractivity contribution in [3.05, 3.63) is 48.2 Å². The predicted octanol–water partition coefficient (Wildman–Crippen LogP) is 3.63. The molecule has 3 aromatic rings. The molecule has 0 N–H and O–H groups in total. The molecule has 2 aromatic heterocycles. The summed E-state index contributed by atoms with van der Waals surface area (Å²) in [6, 6.07) is 7.69. The average molecular weight is 366 g/mol. The summed E-state index contributed by atoms with van der Waals surface area (Å²) >= 11 is 0. The van der Waals surface area contributed by atoms with Gasteiger partial charge in [-0.2, -0.15) is 0 Å². The topological polar surface area (TPSA) is 64.2 Å². The molecule has 1 aliphatic rings. The molecule has 1 aliphatic heterocycles. The first-order valence-corrected chi connectivity index (χ1v) is 9.74. The van der Waals surface area contributed by atoms with Crippen LogP contribution in [0.4, 0.5) is 0 Å². The number of benzene rings is 1. The molecule has 0 atom stereocenters. The fourth-order valence-electron chi connectivity index (χ4n) is 3.94. The van der Waals surface area contributed by atoms with Gasteiger partial charge in [-0.1, -0.05) is 31.1 Å². The molecule has 6 nitrogen and oxygen atoms in total. The van der Waals surface area contributed by atoms with E-state index >= 15 is 0 Å². The second-order valence-electron chi connectivity index (χ2n) is 7.72. The highest BCUT2D eigenvalue weighted by atomic mass is 16.5. The molecule has 0 saturated carbocycles. The molecule has 1 saturated heterocycles. The van der Waals surface area contributed by atoms with Crippen LogP contribution >= 0.6 is 0 Å². The number of imidazole rings is 1. The van der Waals surface area contributed by atoms with Gasteiger partial charge >= 0.3 is 0 Å². The van der Waals surface area contributed by atoms with Gasteiger partial charge in [-0.15, -0.1) is 0 Å². The number of piperidine rings is 1. The summed E-state index contributed by atoms with van der Waals surface area (Å²) in [4.78, 5) is 19.1. The lowest BCUT2D eigenvalue weighted by Gasteiger charge is -2.32. The molecule has 0 unspecified atom stereocenters. The predicted molar refractivity (Wildman–Crippen MR) is 103 cm³/mol. The molecule has 27 heavy (non-hydrogen) atoms. The van der Waals surface area contributed by atoms with Gasteiger partial charge in [0.2, 0.25) is 5.91 Å². The van der Waals surface area contributed by atoms with Crippen molar-refractivity contribution in [2.75, 3.05) is 13.1 Å². The number of aromatic nitrogens is 3. The van der Waals surface area contributed by atoms with E-state index in [1.807, 2.05) is 35.4 Å². The summed E-state index contributed by atoms with van der Waals surface area (Å²) in [7, 11) is 0. The van der Waals surface area contributed by atoms with Crippen LogP contribution in [-0.4, -0.2) is 38.6 Å². The molecule has 6 heteroatoms. The Labute approximate surface area is 159 Å². The second kappa shape index (κ2) is 7.55. The normalized spacial score (nSPS) is 15.7. The Morgan fingerprint density at radius 3 is 2.81 bits per heavy atom. The molecule has 0 bridgehead atoms. The smallest absolute Gasteiger partial charge is 0.228 e. The zero-order chi connectivity index (χ0) is 18.8. The first kappa shape index (κ1) is 17.8. The van der Waals surface area contributed by atoms with Gasteiger partial charge in [0, 0.05) is 43.3 Å². The molecule has 1 fully saturated rings. The zero-order valence-corrected chi connectivity index (χ0v) is 16.0. The second-order valence-corrected chi connectivity index (χ2v) is 7.72. The van der Waals surface area contributed by atoms with Crippen molar-refractivity contribution in [1.82, 2.24) is 19.6 Å². The van der Waals surface area contributed by atoms with E-state index in [9.17, 15) is 4.79 Å². The minimum atomic E-state index is 0.137. The number of carbonyl (C=O) groups is 1. The monoisotopic (exact) mass is 366 g/mol. The zero-order valence-electron chi connectivity index (χ0n) is 16.0. The fourth-order valence-corrected chi connectivity index (χ4v) is 3.94. The van der Waals surface area contributed by atoms with E-state index in [4.69, 9.17) is 4.52 Å². The number of hydrogen-bond acceptors (Lipinski definition) is 4. The molecular formula is C21H26N4O2. The van der Waals surface area contributed by atoms with Crippen LogP contribution in [-0.2, 0) is 17.8 Å². The lowest BCUT2D eigenvalue weighted by Crippen LogP contribution is -2.40. The first-order chi connectivity index (χ1) is 13.1. The molecular weight excluding hydrogens is 340 g/mol. The van der Waals surface area contributed by atoms with E-state index in [-0.39, 0.29) is 5.91 Å². The van der Waals surface area contributed by atoms with E-state index < -0.39 is 0 Å². The molecule has 3 heterocycles. The number of likely N-dealkylation sites (tertiary alicyclic amines) is 1. The number of rotatable bonds is 5. The van der Waals surface area contributed by atoms with Crippen molar-refractivity contribution in [2.45, 2.75) is 45.6 Å². The van der Waals surface area contributed by atoms with Crippen LogP contribution in [0.5, 0.6) is 0 Å². The van der Waals surface area contributed by atoms with Crippen molar-refractivity contribution < 1.29 is 9.32 Å². The SMILES string of the molecule is CC(C)c1nccn1CC1CCN(C(=O)Cc2noc3ccccc23)CC1. The number of hydrogen-bond donors (Lipinski definition) is 0. The van der Waals surface area contributed by atoms with Gasteiger partial charge in [-0.25, -0.2) is 4.98 Å². The molecule has 0 aliphatic carbocycles. The van der Waals surface area contributed by atoms with Gasteiger partial charge in [0.05, 0.1) is 6.42 Å². The van der Waals surface area contributed by atoms with E-state index in [0.29, 0.717) is 18.3 Å². The van der Waals surface area contributed by atoms with Gasteiger partial charge in [0.25, 0.3) is 0 Å². The maximum Gasteiger partial charge on any atom is 0.228 e. The van der Waals surface area contributed by atoms with Crippen LogP contribution in [0.15, 0.2) is 41.2 Å². The summed E-state index contributed by atoms with van der Waals surface area (Å²) in [6.07, 6.45) is 6.32. The number of amides is 1. The van der Waals surface area contributed by atoms with Crippen molar-refractivity contribution in [3.8, 4) is 0 Å². The maximum atomic E-state index is 12.7. The van der Waals surface area contributed by atoms with E-state index in [1.54, 1.807) is 0 Å². The summed E-state index contributed by atoms with van der Waals surface area (Å²) < 4.78 is 7.59. The Balaban J connectivity index is 1.33. The third kappa shape index (κ3) is 3.75. The van der Waals surface area contributed by atoms with Gasteiger partial charge in [-0.3, -0.25) is 4.79 Å². The number of para-hydroxylation sites is 1. The first-order valence-electron chi connectivity index (χ1n) is 9.74. The number of carbonyl (C=O) groups excluding carboxylic acids is 1. The highest BCUT2D eigenvalue weighted by Crippen LogP contribution is 2.23. The molecule has 1 aromatic carbocycles. The highest BCUT2D eigenvalue weighted by molar-refractivity contribution is 5.86. The van der Waals surface area contributed by atoms with Crippen LogP contribution in [0.1, 0.15) is 44.1 Å². The summed E-state index contributed by atoms with van der Waals surface area (Å²) in [6.45, 7) is 6.96. The average Bonchev–Trinajstić information content (AvgIpc) is 3.30. The van der Waals surface area contributed by atoms with Crippen molar-refractivity contribution in [2.24, 2.45) is 5.92 Å². The molecule has 142 valence electrons. The Bertz CT molecular complexity index is 919. The summed E-state index contributed by atoms with van der Waals surface area (Å²) in [5.41, 5.74) is 1.47. The van der Waals surface area contributed by atoms with Crippen molar-refractivity contribution in [1.29, 1.82) is 0 Å². The van der Waals surface area contributed by atoms with E-state index in [0.717, 1.165) is 55.0 Å². The third-order valence-corrected chi connectivity index (χ3v) is 5.46. The molecule has 1 amide bonds. The minimum Gasteiger partial charge on any atom is -0.356 e. The lowest BCUT2D eigenvalue weighted by molar-refractivity contribution is -0.132. The van der Waals surface area contributed by atoms with Gasteiger partial charge < -0.3 is 14.0 Å². The molecule has 4 rings (SSSR count). The molecule has 0 spiro atoms. The minimum absolute atomic E-state index is 0.137. The maximum absolute atomic E-state index is 12.7. The Morgan fingerprint density at radius 1 is 1.26 bits per heavy atom. The number of fused-ring (bicyclic) bond motifs is 1. The quantitative estimate of drug-likeness (QED) is 0.692. The highest BCUT2D eigenvalue weighted by Gasteiger charge is 2.25. The van der Waals surface area contributed by atoms with Crippen LogP contribution < -0.4 is 0 Å². The summed E-state index contributed by atoms with van der Waals surface area (Å²) in [5.74, 6) is 2.30. The van der Waals surface area contributed by atoms with Gasteiger partial charge in [0.1, 0.15) is 11.5 Å². The number of nitrogens with zero attached hydrogens (tertiary/aromatic N) is 4. The van der Waals surface area contributed by atoms with Crippen molar-refractivity contribution in [3.63, 3.8) is 0 Å². The van der Waals surface area contributed by atoms with Gasteiger partial charge in [-0.05, 0) is 30.9 Å². The van der Waals surface area contributed by atoms with Crippen LogP contribution in [0.2, 0.25) is 0 Å². The Kier molecular flexibility index (Phi) is 4.97. The Morgan fingerprint density at radius 2 is 2.04 bits per heavy atom. The van der Waals surface area contributed by atoms with Gasteiger partial charge in [0.15, 0.2) is 5.58 Å². The third-order valence-electron chi connectivity index (χ3n) is 5.46. The van der Waals surface area contributed by atoms with E-state index in [2.05, 4.69) is 34.8 Å². The lowest BCUT2D eigenvalue weighted by atomic mass is 9.96. The van der Waals surface area contributed by atoms with Crippen LogP contribution in [0, 0.1) is 5.92 Å². The summed E-state index contributed by atoms with van der Waals surface area (Å²) in [5, 5.41) is 5.02. The standard InChI is InChI=1S/C21H26N4O2/c1-15(2)21-22-9-12-25(21)14-16-7-10-24(11-8-16)20(26)13-18-17-5-3-4-6-19(17)27-23-18/h3-6,9,12,15-16H,7-8,10-11,13-14H2,1-2H3. The molecule has 0 radical (unpaired) electrons. The fraction of sp³-hybridized carbons (Fsp3) is 0.476. The largest absolute Gasteiger partial charge is 0.356 e. The van der Waals surface area contributed by atoms with Crippen LogP contribution in [0.3, 0.4) is 0 Å².